The van der Waals surface area contributed by atoms with Gasteiger partial charge < -0.3 is 0 Å². The molecule has 0 unspecified atom stereocenters. The van der Waals surface area contributed by atoms with Gasteiger partial charge in [-0.1, -0.05) is 6.07 Å². The second kappa shape index (κ2) is 6.07. The molecule has 0 radical (unpaired) electrons. The van der Waals surface area contributed by atoms with Gasteiger partial charge in [0.15, 0.2) is 5.82 Å². The number of hydrogen-bond acceptors (Lipinski definition) is 6. The lowest BCUT2D eigenvalue weighted by molar-refractivity contribution is -0.385. The third kappa shape index (κ3) is 2.91. The standard InChI is InChI=1S/C13H9F2N7O3/c1-5-10(22(24)25)9(19-18-5)12(23)17-13-16-11(20-21-13)8-6(14)3-2-4-7(8)15/h2-4H,1H3,(H,18,19)(H2,16,17,20,21,23). The van der Waals surface area contributed by atoms with Gasteiger partial charge in [0.25, 0.3) is 5.91 Å². The summed E-state index contributed by atoms with van der Waals surface area (Å²) in [6.07, 6.45) is 0. The fourth-order valence-corrected chi connectivity index (χ4v) is 2.12. The molecule has 0 atom stereocenters. The van der Waals surface area contributed by atoms with Gasteiger partial charge in [-0.25, -0.2) is 8.78 Å². The first-order valence-corrected chi connectivity index (χ1v) is 6.76. The predicted molar refractivity (Wildman–Crippen MR) is 79.7 cm³/mol. The van der Waals surface area contributed by atoms with E-state index in [1.807, 2.05) is 0 Å². The van der Waals surface area contributed by atoms with E-state index >= 15 is 0 Å². The fourth-order valence-electron chi connectivity index (χ4n) is 2.12. The maximum atomic E-state index is 13.7. The quantitative estimate of drug-likeness (QED) is 0.485. The van der Waals surface area contributed by atoms with Crippen LogP contribution in [0, 0.1) is 28.7 Å². The van der Waals surface area contributed by atoms with Crippen LogP contribution in [0.25, 0.3) is 11.4 Å². The Balaban J connectivity index is 1.87. The van der Waals surface area contributed by atoms with Gasteiger partial charge in [-0.3, -0.25) is 30.4 Å². The van der Waals surface area contributed by atoms with Crippen LogP contribution in [-0.2, 0) is 0 Å². The number of nitrogens with zero attached hydrogens (tertiary/aromatic N) is 4. The molecule has 1 amide bonds. The normalized spacial score (nSPS) is 10.7. The van der Waals surface area contributed by atoms with Crippen molar-refractivity contribution in [2.75, 3.05) is 5.32 Å². The van der Waals surface area contributed by atoms with E-state index in [1.54, 1.807) is 0 Å². The lowest BCUT2D eigenvalue weighted by Gasteiger charge is -2.00. The summed E-state index contributed by atoms with van der Waals surface area (Å²) in [5, 5.41) is 24.9. The van der Waals surface area contributed by atoms with Crippen molar-refractivity contribution in [2.24, 2.45) is 0 Å². The molecule has 0 saturated carbocycles. The molecule has 0 bridgehead atoms. The highest BCUT2D eigenvalue weighted by Crippen LogP contribution is 2.24. The number of rotatable bonds is 4. The highest BCUT2D eigenvalue weighted by Gasteiger charge is 2.28. The number of amides is 1. The van der Waals surface area contributed by atoms with Crippen LogP contribution in [0.5, 0.6) is 0 Å². The van der Waals surface area contributed by atoms with Crippen molar-refractivity contribution in [3.05, 3.63) is 51.3 Å². The van der Waals surface area contributed by atoms with E-state index in [0.717, 1.165) is 12.1 Å². The number of H-pyrrole nitrogens is 2. The molecule has 1 aromatic carbocycles. The molecule has 0 aliphatic rings. The molecule has 25 heavy (non-hydrogen) atoms. The van der Waals surface area contributed by atoms with Gasteiger partial charge in [0, 0.05) is 0 Å². The summed E-state index contributed by atoms with van der Waals surface area (Å²) in [5.41, 5.74) is -1.31. The Bertz CT molecular complexity index is 962. The first kappa shape index (κ1) is 16.2. The first-order chi connectivity index (χ1) is 11.9. The lowest BCUT2D eigenvalue weighted by atomic mass is 10.2. The minimum atomic E-state index is -0.949. The molecule has 10 nitrogen and oxygen atoms in total. The van der Waals surface area contributed by atoms with Gasteiger partial charge in [0.05, 0.1) is 10.5 Å². The van der Waals surface area contributed by atoms with E-state index < -0.39 is 39.4 Å². The zero-order valence-electron chi connectivity index (χ0n) is 12.5. The summed E-state index contributed by atoms with van der Waals surface area (Å²) < 4.78 is 27.4. The Morgan fingerprint density at radius 1 is 1.24 bits per heavy atom. The molecule has 0 aliphatic heterocycles. The second-order valence-corrected chi connectivity index (χ2v) is 4.86. The number of nitrogens with one attached hydrogen (secondary N) is 3. The number of anilines is 1. The van der Waals surface area contributed by atoms with Crippen LogP contribution < -0.4 is 5.32 Å². The monoisotopic (exact) mass is 349 g/mol. The fraction of sp³-hybridized carbons (Fsp3) is 0.0769. The average molecular weight is 349 g/mol. The van der Waals surface area contributed by atoms with Gasteiger partial charge in [0.1, 0.15) is 17.3 Å². The second-order valence-electron chi connectivity index (χ2n) is 4.86. The number of carbonyl (C=O) groups is 1. The van der Waals surface area contributed by atoms with Crippen molar-refractivity contribution in [3.63, 3.8) is 0 Å². The smallest absolute Gasteiger partial charge is 0.287 e. The molecule has 0 spiro atoms. The Hall–Kier alpha value is -3.70. The summed E-state index contributed by atoms with van der Waals surface area (Å²) in [5.74, 6) is -3.26. The van der Waals surface area contributed by atoms with Crippen LogP contribution >= 0.6 is 0 Å². The maximum Gasteiger partial charge on any atom is 0.322 e. The molecular weight excluding hydrogens is 340 g/mol. The van der Waals surface area contributed by atoms with Crippen molar-refractivity contribution in [1.29, 1.82) is 0 Å². The Morgan fingerprint density at radius 2 is 1.92 bits per heavy atom. The molecule has 12 heteroatoms. The van der Waals surface area contributed by atoms with E-state index in [9.17, 15) is 23.7 Å². The van der Waals surface area contributed by atoms with Crippen LogP contribution in [0.4, 0.5) is 20.4 Å². The number of hydrogen-bond donors (Lipinski definition) is 3. The van der Waals surface area contributed by atoms with Gasteiger partial charge in [-0.2, -0.15) is 10.1 Å². The van der Waals surface area contributed by atoms with Crippen LogP contribution in [-0.4, -0.2) is 36.2 Å². The topological polar surface area (TPSA) is 142 Å². The third-order valence-electron chi connectivity index (χ3n) is 3.22. The molecule has 3 aromatic rings. The number of carbonyl (C=O) groups excluding carboxylic acids is 1. The largest absolute Gasteiger partial charge is 0.322 e. The van der Waals surface area contributed by atoms with E-state index in [1.165, 1.54) is 13.0 Å². The van der Waals surface area contributed by atoms with Crippen LogP contribution in [0.3, 0.4) is 0 Å². The van der Waals surface area contributed by atoms with Gasteiger partial charge in [-0.05, 0) is 19.1 Å². The Labute approximate surface area is 137 Å². The Kier molecular flexibility index (Phi) is 3.92. The number of nitro groups is 1. The number of aryl methyl sites for hydroxylation is 1. The Morgan fingerprint density at radius 3 is 2.56 bits per heavy atom. The van der Waals surface area contributed by atoms with E-state index in [0.29, 0.717) is 0 Å². The van der Waals surface area contributed by atoms with Crippen molar-refractivity contribution < 1.29 is 18.5 Å². The molecule has 3 rings (SSSR count). The third-order valence-corrected chi connectivity index (χ3v) is 3.22. The summed E-state index contributed by atoms with van der Waals surface area (Å²) >= 11 is 0. The summed E-state index contributed by atoms with van der Waals surface area (Å²) in [6, 6.07) is 3.26. The number of halogens is 2. The predicted octanol–water partition coefficient (Wildman–Crippen LogP) is 1.94. The minimum absolute atomic E-state index is 0.0965. The van der Waals surface area contributed by atoms with Gasteiger partial charge in [0.2, 0.25) is 11.6 Å². The van der Waals surface area contributed by atoms with E-state index in [2.05, 4.69) is 30.7 Å². The molecule has 2 aromatic heterocycles. The lowest BCUT2D eigenvalue weighted by Crippen LogP contribution is -2.15. The summed E-state index contributed by atoms with van der Waals surface area (Å²) in [7, 11) is 0. The molecule has 0 saturated heterocycles. The maximum absolute atomic E-state index is 13.7. The van der Waals surface area contributed by atoms with Crippen molar-refractivity contribution in [1.82, 2.24) is 25.4 Å². The van der Waals surface area contributed by atoms with Crippen molar-refractivity contribution in [3.8, 4) is 11.4 Å². The molecule has 0 fully saturated rings. The number of aromatic amines is 2. The van der Waals surface area contributed by atoms with Gasteiger partial charge in [-0.15, -0.1) is 5.10 Å². The SMILES string of the molecule is Cc1[nH]nc(C(=O)Nc2n[nH]c(-c3c(F)cccc3F)n2)c1[N+](=O)[O-]. The summed E-state index contributed by atoms with van der Waals surface area (Å²) in [6.45, 7) is 1.38. The number of aromatic nitrogens is 5. The molecule has 0 aliphatic carbocycles. The molecular formula is C13H9F2N7O3. The minimum Gasteiger partial charge on any atom is -0.287 e. The highest BCUT2D eigenvalue weighted by molar-refractivity contribution is 6.05. The van der Waals surface area contributed by atoms with Crippen molar-refractivity contribution in [2.45, 2.75) is 6.92 Å². The average Bonchev–Trinajstić information content (AvgIpc) is 3.14. The van der Waals surface area contributed by atoms with Crippen LogP contribution in [0.15, 0.2) is 18.2 Å². The molecule has 128 valence electrons. The molecule has 2 heterocycles. The van der Waals surface area contributed by atoms with Crippen molar-refractivity contribution >= 4 is 17.5 Å². The zero-order valence-corrected chi connectivity index (χ0v) is 12.5. The summed E-state index contributed by atoms with van der Waals surface area (Å²) in [4.78, 5) is 26.1. The van der Waals surface area contributed by atoms with E-state index in [4.69, 9.17) is 0 Å². The first-order valence-electron chi connectivity index (χ1n) is 6.76. The zero-order chi connectivity index (χ0) is 18.1. The highest BCUT2D eigenvalue weighted by atomic mass is 19.1. The number of benzene rings is 1. The van der Waals surface area contributed by atoms with Crippen LogP contribution in [0.1, 0.15) is 16.2 Å². The molecule has 3 N–H and O–H groups in total. The van der Waals surface area contributed by atoms with Gasteiger partial charge >= 0.3 is 5.69 Å². The van der Waals surface area contributed by atoms with Crippen LogP contribution in [0.2, 0.25) is 0 Å². The van der Waals surface area contributed by atoms with E-state index in [-0.39, 0.29) is 17.5 Å².